The van der Waals surface area contributed by atoms with Gasteiger partial charge in [-0.3, -0.25) is 19.1 Å². The van der Waals surface area contributed by atoms with Crippen LogP contribution in [0.1, 0.15) is 57.4 Å². The van der Waals surface area contributed by atoms with E-state index in [0.29, 0.717) is 30.9 Å². The molecular formula is C20H21N5O3. The first-order valence-electron chi connectivity index (χ1n) is 9.63. The third kappa shape index (κ3) is 3.04. The first-order valence-corrected chi connectivity index (χ1v) is 9.63. The van der Waals surface area contributed by atoms with Crippen LogP contribution < -0.4 is 10.6 Å². The highest BCUT2D eigenvalue weighted by Crippen LogP contribution is 2.28. The molecule has 1 atom stereocenters. The van der Waals surface area contributed by atoms with E-state index < -0.39 is 0 Å². The molecule has 1 aromatic heterocycles. The summed E-state index contributed by atoms with van der Waals surface area (Å²) in [4.78, 5) is 38.9. The predicted molar refractivity (Wildman–Crippen MR) is 99.4 cm³/mol. The molecule has 3 amide bonds. The molecule has 1 unspecified atom stereocenters. The maximum Gasteiger partial charge on any atom is 0.272 e. The maximum absolute atomic E-state index is 12.8. The zero-order valence-electron chi connectivity index (χ0n) is 15.4. The molecule has 0 bridgehead atoms. The maximum atomic E-state index is 12.8. The smallest absolute Gasteiger partial charge is 0.272 e. The van der Waals surface area contributed by atoms with Crippen molar-refractivity contribution in [3.05, 3.63) is 52.8 Å². The summed E-state index contributed by atoms with van der Waals surface area (Å²) in [7, 11) is 0. The fourth-order valence-electron chi connectivity index (χ4n) is 3.86. The number of fused-ring (bicyclic) bond motifs is 2. The van der Waals surface area contributed by atoms with Gasteiger partial charge in [0, 0.05) is 18.2 Å². The molecule has 2 N–H and O–H groups in total. The summed E-state index contributed by atoms with van der Waals surface area (Å²) in [5.41, 5.74) is 2.79. The molecule has 0 radical (unpaired) electrons. The summed E-state index contributed by atoms with van der Waals surface area (Å²) < 4.78 is 1.80. The normalized spacial score (nSPS) is 20.4. The lowest BCUT2D eigenvalue weighted by atomic mass is 10.0. The van der Waals surface area contributed by atoms with Crippen LogP contribution in [0.5, 0.6) is 0 Å². The van der Waals surface area contributed by atoms with Crippen molar-refractivity contribution in [2.24, 2.45) is 0 Å². The summed E-state index contributed by atoms with van der Waals surface area (Å²) in [6, 6.07) is 9.14. The average molecular weight is 379 g/mol. The van der Waals surface area contributed by atoms with E-state index in [2.05, 4.69) is 15.7 Å². The molecule has 1 fully saturated rings. The Bertz CT molecular complexity index is 978. The van der Waals surface area contributed by atoms with Crippen LogP contribution in [-0.2, 0) is 17.9 Å². The third-order valence-electron chi connectivity index (χ3n) is 5.56. The van der Waals surface area contributed by atoms with Gasteiger partial charge in [-0.15, -0.1) is 0 Å². The lowest BCUT2D eigenvalue weighted by Crippen LogP contribution is -2.39. The molecule has 2 aromatic rings. The number of benzene rings is 1. The van der Waals surface area contributed by atoms with Crippen molar-refractivity contribution < 1.29 is 14.4 Å². The van der Waals surface area contributed by atoms with E-state index in [4.69, 9.17) is 0 Å². The molecule has 0 spiro atoms. The number of nitrogens with zero attached hydrogens (tertiary/aromatic N) is 3. The number of carbonyl (C=O) groups excluding carboxylic acids is 3. The Balaban J connectivity index is 1.26. The second-order valence-corrected chi connectivity index (χ2v) is 7.62. The number of amides is 3. The second-order valence-electron chi connectivity index (χ2n) is 7.62. The van der Waals surface area contributed by atoms with Gasteiger partial charge in [0.15, 0.2) is 5.69 Å². The highest BCUT2D eigenvalue weighted by molar-refractivity contribution is 5.99. The van der Waals surface area contributed by atoms with E-state index in [1.165, 1.54) is 0 Å². The summed E-state index contributed by atoms with van der Waals surface area (Å²) in [6.45, 7) is 1.52. The Morgan fingerprint density at radius 3 is 2.86 bits per heavy atom. The number of rotatable bonds is 4. The highest BCUT2D eigenvalue weighted by atomic mass is 16.2. The molecule has 144 valence electrons. The van der Waals surface area contributed by atoms with Crippen molar-refractivity contribution in [2.75, 3.05) is 6.54 Å². The number of aromatic nitrogens is 2. The van der Waals surface area contributed by atoms with Crippen molar-refractivity contribution in [1.29, 1.82) is 0 Å². The topological polar surface area (TPSA) is 96.3 Å². The van der Waals surface area contributed by atoms with Crippen molar-refractivity contribution in [2.45, 2.75) is 44.4 Å². The van der Waals surface area contributed by atoms with Gasteiger partial charge in [-0.05, 0) is 30.5 Å². The molecular weight excluding hydrogens is 358 g/mol. The average Bonchev–Trinajstić information content (AvgIpc) is 3.31. The molecule has 8 heteroatoms. The number of hydrogen-bond donors (Lipinski definition) is 2. The molecule has 1 aromatic carbocycles. The van der Waals surface area contributed by atoms with Gasteiger partial charge in [0.1, 0.15) is 0 Å². The number of hydrogen-bond acceptors (Lipinski definition) is 4. The van der Waals surface area contributed by atoms with Gasteiger partial charge < -0.3 is 15.5 Å². The Hall–Kier alpha value is -3.16. The lowest BCUT2D eigenvalue weighted by molar-refractivity contribution is -0.133. The standard InChI is InChI=1S/C20H21N5O3/c26-18(10-16-14-3-1-2-4-15(14)19(27)22-16)24-7-8-25-13(11-24)9-17(23-25)20(28)21-12-5-6-12/h1-4,9,12,16H,5-8,10-11H2,(H,21,28)(H,22,27). The molecule has 1 saturated carbocycles. The van der Waals surface area contributed by atoms with Gasteiger partial charge in [0.2, 0.25) is 5.91 Å². The second kappa shape index (κ2) is 6.47. The van der Waals surface area contributed by atoms with Crippen LogP contribution in [-0.4, -0.2) is 45.0 Å². The van der Waals surface area contributed by atoms with E-state index in [1.54, 1.807) is 21.7 Å². The van der Waals surface area contributed by atoms with Crippen LogP contribution in [0.4, 0.5) is 0 Å². The SMILES string of the molecule is O=C(NC1CC1)c1cc2n(n1)CCN(C(=O)CC1NC(=O)c3ccccc31)C2. The summed E-state index contributed by atoms with van der Waals surface area (Å²) >= 11 is 0. The number of nitrogens with one attached hydrogen (secondary N) is 2. The van der Waals surface area contributed by atoms with Crippen LogP contribution in [0.25, 0.3) is 0 Å². The van der Waals surface area contributed by atoms with Crippen molar-refractivity contribution >= 4 is 17.7 Å². The van der Waals surface area contributed by atoms with Crippen molar-refractivity contribution in [1.82, 2.24) is 25.3 Å². The minimum Gasteiger partial charge on any atom is -0.348 e. The van der Waals surface area contributed by atoms with E-state index in [1.807, 2.05) is 18.2 Å². The van der Waals surface area contributed by atoms with Gasteiger partial charge in [0.05, 0.1) is 31.2 Å². The van der Waals surface area contributed by atoms with E-state index in [-0.39, 0.29) is 36.2 Å². The van der Waals surface area contributed by atoms with E-state index in [0.717, 1.165) is 24.1 Å². The van der Waals surface area contributed by atoms with Crippen LogP contribution in [0.2, 0.25) is 0 Å². The van der Waals surface area contributed by atoms with Crippen LogP contribution in [0.3, 0.4) is 0 Å². The lowest BCUT2D eigenvalue weighted by Gasteiger charge is -2.28. The minimum atomic E-state index is -0.289. The summed E-state index contributed by atoms with van der Waals surface area (Å²) in [6.07, 6.45) is 2.29. The number of carbonyl (C=O) groups is 3. The Morgan fingerprint density at radius 1 is 1.21 bits per heavy atom. The van der Waals surface area contributed by atoms with Crippen molar-refractivity contribution in [3.63, 3.8) is 0 Å². The van der Waals surface area contributed by atoms with Gasteiger partial charge in [-0.25, -0.2) is 0 Å². The summed E-state index contributed by atoms with van der Waals surface area (Å²) in [5.74, 6) is -0.289. The van der Waals surface area contributed by atoms with Gasteiger partial charge in [-0.2, -0.15) is 5.10 Å². The van der Waals surface area contributed by atoms with E-state index >= 15 is 0 Å². The molecule has 1 aliphatic carbocycles. The fourth-order valence-corrected chi connectivity index (χ4v) is 3.86. The highest BCUT2D eigenvalue weighted by Gasteiger charge is 2.32. The molecule has 2 aliphatic heterocycles. The third-order valence-corrected chi connectivity index (χ3v) is 5.56. The monoisotopic (exact) mass is 379 g/mol. The molecule has 8 nitrogen and oxygen atoms in total. The Kier molecular flexibility index (Phi) is 3.92. The van der Waals surface area contributed by atoms with Gasteiger partial charge in [-0.1, -0.05) is 18.2 Å². The van der Waals surface area contributed by atoms with Crippen LogP contribution in [0.15, 0.2) is 30.3 Å². The van der Waals surface area contributed by atoms with Crippen LogP contribution in [0, 0.1) is 0 Å². The largest absolute Gasteiger partial charge is 0.348 e. The zero-order chi connectivity index (χ0) is 19.3. The fraction of sp³-hybridized carbons (Fsp3) is 0.400. The Labute approximate surface area is 161 Å². The first kappa shape index (κ1) is 17.0. The van der Waals surface area contributed by atoms with Gasteiger partial charge in [0.25, 0.3) is 11.8 Å². The zero-order valence-corrected chi connectivity index (χ0v) is 15.4. The molecule has 3 heterocycles. The molecule has 3 aliphatic rings. The molecule has 5 rings (SSSR count). The van der Waals surface area contributed by atoms with E-state index in [9.17, 15) is 14.4 Å². The van der Waals surface area contributed by atoms with Crippen molar-refractivity contribution in [3.8, 4) is 0 Å². The predicted octanol–water partition coefficient (Wildman–Crippen LogP) is 0.992. The minimum absolute atomic E-state index is 0.0153. The molecule has 0 saturated heterocycles. The quantitative estimate of drug-likeness (QED) is 0.828. The van der Waals surface area contributed by atoms with Crippen LogP contribution >= 0.6 is 0 Å². The summed E-state index contributed by atoms with van der Waals surface area (Å²) in [5, 5.41) is 10.2. The Morgan fingerprint density at radius 2 is 2.04 bits per heavy atom. The van der Waals surface area contributed by atoms with Gasteiger partial charge >= 0.3 is 0 Å². The molecule has 28 heavy (non-hydrogen) atoms. The first-order chi connectivity index (χ1) is 13.6.